The lowest BCUT2D eigenvalue weighted by atomic mass is 10.1. The Bertz CT molecular complexity index is 1050. The second-order valence-corrected chi connectivity index (χ2v) is 6.72. The molecule has 0 spiro atoms. The van der Waals surface area contributed by atoms with E-state index in [1.807, 2.05) is 67.6 Å². The number of imidazole rings is 1. The fraction of sp³-hybridized carbons (Fsp3) is 0.130. The van der Waals surface area contributed by atoms with Gasteiger partial charge in [-0.25, -0.2) is 4.98 Å². The first-order chi connectivity index (χ1) is 13.2. The van der Waals surface area contributed by atoms with Crippen LogP contribution in [0.3, 0.4) is 0 Å². The summed E-state index contributed by atoms with van der Waals surface area (Å²) < 4.78 is 0. The van der Waals surface area contributed by atoms with Crippen LogP contribution >= 0.6 is 0 Å². The first-order valence-corrected chi connectivity index (χ1v) is 9.08. The van der Waals surface area contributed by atoms with Crippen molar-refractivity contribution >= 4 is 22.6 Å². The first kappa shape index (κ1) is 17.0. The van der Waals surface area contributed by atoms with Crippen molar-refractivity contribution < 1.29 is 4.79 Å². The molecule has 1 heterocycles. The van der Waals surface area contributed by atoms with E-state index in [9.17, 15) is 4.79 Å². The number of benzene rings is 3. The standard InChI is InChI=1S/C23H21N3O/c1-16-5-4-6-18(15-16)23(27)24-19-12-9-17(10-13-19)11-14-22-25-20-7-2-3-8-21(20)26-22/h2-10,12-13,15H,11,14H2,1H3,(H,24,27)(H,25,26). The van der Waals surface area contributed by atoms with E-state index in [1.54, 1.807) is 0 Å². The second-order valence-electron chi connectivity index (χ2n) is 6.72. The highest BCUT2D eigenvalue weighted by Crippen LogP contribution is 2.15. The van der Waals surface area contributed by atoms with Gasteiger partial charge in [0.1, 0.15) is 5.82 Å². The Morgan fingerprint density at radius 1 is 0.963 bits per heavy atom. The van der Waals surface area contributed by atoms with Gasteiger partial charge in [0, 0.05) is 17.7 Å². The van der Waals surface area contributed by atoms with Gasteiger partial charge < -0.3 is 10.3 Å². The highest BCUT2D eigenvalue weighted by molar-refractivity contribution is 6.04. The largest absolute Gasteiger partial charge is 0.342 e. The van der Waals surface area contributed by atoms with Gasteiger partial charge in [-0.2, -0.15) is 0 Å². The third kappa shape index (κ3) is 4.06. The number of hydrogen-bond donors (Lipinski definition) is 2. The molecule has 0 saturated carbocycles. The molecule has 0 atom stereocenters. The van der Waals surface area contributed by atoms with Gasteiger partial charge in [0.2, 0.25) is 0 Å². The van der Waals surface area contributed by atoms with Crippen molar-refractivity contribution in [3.63, 3.8) is 0 Å². The van der Waals surface area contributed by atoms with Crippen LogP contribution in [0.15, 0.2) is 72.8 Å². The Morgan fingerprint density at radius 2 is 1.78 bits per heavy atom. The number of rotatable bonds is 5. The number of carbonyl (C=O) groups is 1. The predicted molar refractivity (Wildman–Crippen MR) is 109 cm³/mol. The van der Waals surface area contributed by atoms with Gasteiger partial charge in [-0.05, 0) is 55.3 Å². The molecule has 0 aliphatic carbocycles. The van der Waals surface area contributed by atoms with Gasteiger partial charge in [-0.1, -0.05) is 42.0 Å². The van der Waals surface area contributed by atoms with E-state index in [2.05, 4.69) is 27.4 Å². The lowest BCUT2D eigenvalue weighted by Crippen LogP contribution is -2.11. The van der Waals surface area contributed by atoms with Crippen molar-refractivity contribution in [1.82, 2.24) is 9.97 Å². The molecule has 1 amide bonds. The molecule has 4 nitrogen and oxygen atoms in total. The van der Waals surface area contributed by atoms with E-state index in [0.29, 0.717) is 5.56 Å². The number of aromatic nitrogens is 2. The van der Waals surface area contributed by atoms with Gasteiger partial charge >= 0.3 is 0 Å². The van der Waals surface area contributed by atoms with E-state index in [-0.39, 0.29) is 5.91 Å². The summed E-state index contributed by atoms with van der Waals surface area (Å²) in [5, 5.41) is 2.95. The number of carbonyl (C=O) groups excluding carboxylic acids is 1. The SMILES string of the molecule is Cc1cccc(C(=O)Nc2ccc(CCc3nc4ccccc4[nH]3)cc2)c1. The number of H-pyrrole nitrogens is 1. The van der Waals surface area contributed by atoms with E-state index in [4.69, 9.17) is 0 Å². The molecule has 0 fully saturated rings. The Kier molecular flexibility index (Phi) is 4.71. The molecular weight excluding hydrogens is 334 g/mol. The average Bonchev–Trinajstić information content (AvgIpc) is 3.10. The second kappa shape index (κ2) is 7.46. The summed E-state index contributed by atoms with van der Waals surface area (Å²) in [4.78, 5) is 20.3. The molecular formula is C23H21N3O. The molecule has 0 aliphatic rings. The number of amides is 1. The van der Waals surface area contributed by atoms with Crippen molar-refractivity contribution in [3.05, 3.63) is 95.3 Å². The molecule has 134 valence electrons. The fourth-order valence-electron chi connectivity index (χ4n) is 3.13. The van der Waals surface area contributed by atoms with Crippen molar-refractivity contribution in [1.29, 1.82) is 0 Å². The lowest BCUT2D eigenvalue weighted by Gasteiger charge is -2.07. The van der Waals surface area contributed by atoms with Crippen LogP contribution in [-0.2, 0) is 12.8 Å². The number of aromatic amines is 1. The van der Waals surface area contributed by atoms with E-state index in [0.717, 1.165) is 41.0 Å². The number of fused-ring (bicyclic) bond motifs is 1. The predicted octanol–water partition coefficient (Wildman–Crippen LogP) is 4.91. The van der Waals surface area contributed by atoms with Crippen LogP contribution in [-0.4, -0.2) is 15.9 Å². The Morgan fingerprint density at radius 3 is 2.56 bits per heavy atom. The van der Waals surface area contributed by atoms with E-state index < -0.39 is 0 Å². The van der Waals surface area contributed by atoms with Gasteiger partial charge in [-0.15, -0.1) is 0 Å². The summed E-state index contributed by atoms with van der Waals surface area (Å²) >= 11 is 0. The van der Waals surface area contributed by atoms with Crippen molar-refractivity contribution in [2.45, 2.75) is 19.8 Å². The molecule has 0 unspecified atom stereocenters. The maximum atomic E-state index is 12.3. The zero-order valence-electron chi connectivity index (χ0n) is 15.2. The normalized spacial score (nSPS) is 10.9. The molecule has 4 aromatic rings. The van der Waals surface area contributed by atoms with Crippen LogP contribution in [0, 0.1) is 6.92 Å². The van der Waals surface area contributed by atoms with E-state index in [1.165, 1.54) is 5.56 Å². The third-order valence-electron chi connectivity index (χ3n) is 4.58. The van der Waals surface area contributed by atoms with Gasteiger partial charge in [-0.3, -0.25) is 4.79 Å². The van der Waals surface area contributed by atoms with Gasteiger partial charge in [0.05, 0.1) is 11.0 Å². The monoisotopic (exact) mass is 355 g/mol. The minimum absolute atomic E-state index is 0.0891. The van der Waals surface area contributed by atoms with Gasteiger partial charge in [0.15, 0.2) is 0 Å². The zero-order chi connectivity index (χ0) is 18.6. The minimum atomic E-state index is -0.0891. The van der Waals surface area contributed by atoms with Crippen LogP contribution in [0.5, 0.6) is 0 Å². The zero-order valence-corrected chi connectivity index (χ0v) is 15.2. The summed E-state index contributed by atoms with van der Waals surface area (Å²) in [5.74, 6) is 0.904. The number of anilines is 1. The number of nitrogens with one attached hydrogen (secondary N) is 2. The molecule has 27 heavy (non-hydrogen) atoms. The quantitative estimate of drug-likeness (QED) is 0.534. The van der Waals surface area contributed by atoms with Crippen molar-refractivity contribution in [2.75, 3.05) is 5.32 Å². The number of aryl methyl sites for hydroxylation is 3. The molecule has 0 bridgehead atoms. The fourth-order valence-corrected chi connectivity index (χ4v) is 3.13. The van der Waals surface area contributed by atoms with Crippen molar-refractivity contribution in [3.8, 4) is 0 Å². The van der Waals surface area contributed by atoms with Crippen LogP contribution in [0.2, 0.25) is 0 Å². The summed E-state index contributed by atoms with van der Waals surface area (Å²) in [6.07, 6.45) is 1.75. The highest BCUT2D eigenvalue weighted by atomic mass is 16.1. The molecule has 3 aromatic carbocycles. The number of hydrogen-bond acceptors (Lipinski definition) is 2. The maximum Gasteiger partial charge on any atom is 0.255 e. The molecule has 2 N–H and O–H groups in total. The van der Waals surface area contributed by atoms with Crippen LogP contribution in [0.4, 0.5) is 5.69 Å². The first-order valence-electron chi connectivity index (χ1n) is 9.08. The molecule has 4 heteroatoms. The summed E-state index contributed by atoms with van der Waals surface area (Å²) in [7, 11) is 0. The number of nitrogens with zero attached hydrogens (tertiary/aromatic N) is 1. The summed E-state index contributed by atoms with van der Waals surface area (Å²) in [5.41, 5.74) is 5.83. The summed E-state index contributed by atoms with van der Waals surface area (Å²) in [6, 6.07) is 23.6. The van der Waals surface area contributed by atoms with Crippen LogP contribution in [0.1, 0.15) is 27.3 Å². The molecule has 0 saturated heterocycles. The third-order valence-corrected chi connectivity index (χ3v) is 4.58. The number of para-hydroxylation sites is 2. The molecule has 0 aliphatic heterocycles. The van der Waals surface area contributed by atoms with Crippen molar-refractivity contribution in [2.24, 2.45) is 0 Å². The lowest BCUT2D eigenvalue weighted by molar-refractivity contribution is 0.102. The highest BCUT2D eigenvalue weighted by Gasteiger charge is 2.07. The van der Waals surface area contributed by atoms with Crippen LogP contribution in [0.25, 0.3) is 11.0 Å². The summed E-state index contributed by atoms with van der Waals surface area (Å²) in [6.45, 7) is 1.98. The minimum Gasteiger partial charge on any atom is -0.342 e. The maximum absolute atomic E-state index is 12.3. The molecule has 1 aromatic heterocycles. The molecule has 0 radical (unpaired) electrons. The molecule has 4 rings (SSSR count). The van der Waals surface area contributed by atoms with E-state index >= 15 is 0 Å². The topological polar surface area (TPSA) is 57.8 Å². The van der Waals surface area contributed by atoms with Crippen LogP contribution < -0.4 is 5.32 Å². The Labute approximate surface area is 158 Å². The average molecular weight is 355 g/mol. The smallest absolute Gasteiger partial charge is 0.255 e. The van der Waals surface area contributed by atoms with Gasteiger partial charge in [0.25, 0.3) is 5.91 Å². The Balaban J connectivity index is 1.37. The Hall–Kier alpha value is -3.40.